The molecule has 2 aliphatic carbocycles. The first-order valence-electron chi connectivity index (χ1n) is 15.5. The standard InChI is InChI=1S/C16H14F2N4.C13H9ClF2N4.C3H7BO2/c1-2-22-15-7-12(18)11(17)6-14(15)20-16(22)10-5-13(9-3-4-9)21-19-8-10;1-2-20-11-5-9(16)8(15)4-10(11)18-13(20)7-3-12(14)19-17-6-7;5-4(6)3-1-2-3/h5-9H,2-4H2,1H3;3-6H,2H2,1H3;3,5-6H,1-2H2. The van der Waals surface area contributed by atoms with Crippen molar-refractivity contribution in [2.24, 2.45) is 0 Å². The highest BCUT2D eigenvalue weighted by Crippen LogP contribution is 2.40. The Bertz CT molecular complexity index is 2100. The largest absolute Gasteiger partial charge is 0.454 e. The van der Waals surface area contributed by atoms with E-state index in [0.717, 1.165) is 55.1 Å². The van der Waals surface area contributed by atoms with E-state index in [1.165, 1.54) is 12.3 Å². The molecule has 2 saturated carbocycles. The van der Waals surface area contributed by atoms with Crippen LogP contribution in [0.25, 0.3) is 44.8 Å². The average Bonchev–Trinajstić information content (AvgIpc) is 4.01. The molecule has 0 unspecified atom stereocenters. The Balaban J connectivity index is 0.000000143. The third kappa shape index (κ3) is 7.17. The van der Waals surface area contributed by atoms with Gasteiger partial charge in [-0.1, -0.05) is 24.4 Å². The molecule has 6 aromatic rings. The van der Waals surface area contributed by atoms with Gasteiger partial charge in [-0.05, 0) is 44.6 Å². The molecule has 4 heterocycles. The molecule has 248 valence electrons. The molecule has 0 saturated heterocycles. The maximum atomic E-state index is 13.5. The summed E-state index contributed by atoms with van der Waals surface area (Å²) < 4.78 is 57.3. The fourth-order valence-corrected chi connectivity index (χ4v) is 5.42. The van der Waals surface area contributed by atoms with Gasteiger partial charge in [0.2, 0.25) is 0 Å². The lowest BCUT2D eigenvalue weighted by atomic mass is 9.84. The number of aryl methyl sites for hydroxylation is 2. The van der Waals surface area contributed by atoms with Crippen molar-refractivity contribution in [2.45, 2.75) is 64.4 Å². The van der Waals surface area contributed by atoms with Crippen LogP contribution in [0.5, 0.6) is 0 Å². The second kappa shape index (κ2) is 13.9. The molecular formula is C32H30BClF4N8O2. The molecule has 2 N–H and O–H groups in total. The quantitative estimate of drug-likeness (QED) is 0.146. The zero-order valence-electron chi connectivity index (χ0n) is 26.0. The molecule has 0 spiro atoms. The number of halogens is 5. The Kier molecular flexibility index (Phi) is 9.72. The van der Waals surface area contributed by atoms with Crippen molar-refractivity contribution in [2.75, 3.05) is 0 Å². The van der Waals surface area contributed by atoms with Gasteiger partial charge < -0.3 is 19.2 Å². The maximum Gasteiger partial charge on any atom is 0.454 e. The summed E-state index contributed by atoms with van der Waals surface area (Å²) in [6.45, 7) is 5.00. The van der Waals surface area contributed by atoms with Crippen molar-refractivity contribution in [3.05, 3.63) is 82.9 Å². The Morgan fingerprint density at radius 1 is 0.708 bits per heavy atom. The van der Waals surface area contributed by atoms with Crippen molar-refractivity contribution in [1.82, 2.24) is 39.5 Å². The molecule has 2 aromatic carbocycles. The van der Waals surface area contributed by atoms with Gasteiger partial charge >= 0.3 is 7.12 Å². The van der Waals surface area contributed by atoms with Gasteiger partial charge in [0.05, 0.1) is 40.2 Å². The third-order valence-corrected chi connectivity index (χ3v) is 8.25. The molecule has 0 atom stereocenters. The molecule has 0 aliphatic heterocycles. The Hall–Kier alpha value is -4.47. The van der Waals surface area contributed by atoms with Gasteiger partial charge in [0.15, 0.2) is 28.4 Å². The smallest absolute Gasteiger partial charge is 0.427 e. The molecule has 48 heavy (non-hydrogen) atoms. The molecule has 2 aliphatic rings. The van der Waals surface area contributed by atoms with Crippen molar-refractivity contribution in [1.29, 1.82) is 0 Å². The molecule has 0 radical (unpaired) electrons. The Morgan fingerprint density at radius 2 is 1.19 bits per heavy atom. The second-order valence-electron chi connectivity index (χ2n) is 11.5. The first-order chi connectivity index (χ1) is 23.1. The van der Waals surface area contributed by atoms with Crippen LogP contribution in [-0.4, -0.2) is 56.7 Å². The summed E-state index contributed by atoms with van der Waals surface area (Å²) >= 11 is 5.81. The van der Waals surface area contributed by atoms with Crippen molar-refractivity contribution in [3.63, 3.8) is 0 Å². The van der Waals surface area contributed by atoms with E-state index in [0.29, 0.717) is 58.3 Å². The minimum absolute atomic E-state index is 0.213. The normalized spacial score (nSPS) is 14.0. The van der Waals surface area contributed by atoms with Gasteiger partial charge in [-0.25, -0.2) is 27.5 Å². The number of aromatic nitrogens is 8. The van der Waals surface area contributed by atoms with E-state index < -0.39 is 30.4 Å². The highest BCUT2D eigenvalue weighted by Gasteiger charge is 2.33. The molecule has 4 aromatic heterocycles. The van der Waals surface area contributed by atoms with Crippen LogP contribution >= 0.6 is 11.6 Å². The molecule has 2 fully saturated rings. The van der Waals surface area contributed by atoms with E-state index in [1.54, 1.807) is 16.8 Å². The number of nitrogens with zero attached hydrogens (tertiary/aromatic N) is 8. The maximum absolute atomic E-state index is 13.5. The van der Waals surface area contributed by atoms with Gasteiger partial charge in [0, 0.05) is 54.4 Å². The Labute approximate surface area is 277 Å². The van der Waals surface area contributed by atoms with Crippen LogP contribution in [0.1, 0.15) is 51.1 Å². The van der Waals surface area contributed by atoms with Crippen molar-refractivity contribution < 1.29 is 27.6 Å². The van der Waals surface area contributed by atoms with E-state index >= 15 is 0 Å². The van der Waals surface area contributed by atoms with E-state index in [-0.39, 0.29) is 11.0 Å². The summed E-state index contributed by atoms with van der Waals surface area (Å²) in [5.74, 6) is -1.65. The number of fused-ring (bicyclic) bond motifs is 2. The fourth-order valence-electron chi connectivity index (χ4n) is 5.26. The molecule has 10 nitrogen and oxygen atoms in total. The highest BCUT2D eigenvalue weighted by atomic mass is 35.5. The summed E-state index contributed by atoms with van der Waals surface area (Å²) in [7, 11) is -1.04. The zero-order chi connectivity index (χ0) is 34.1. The summed E-state index contributed by atoms with van der Waals surface area (Å²) in [5.41, 5.74) is 4.37. The second-order valence-corrected chi connectivity index (χ2v) is 11.9. The summed E-state index contributed by atoms with van der Waals surface area (Å²) in [6, 6.07) is 8.13. The molecule has 0 amide bonds. The monoisotopic (exact) mass is 680 g/mol. The topological polar surface area (TPSA) is 128 Å². The lowest BCUT2D eigenvalue weighted by molar-refractivity contribution is 0.403. The summed E-state index contributed by atoms with van der Waals surface area (Å²) in [6.07, 6.45) is 7.42. The molecule has 0 bridgehead atoms. The van der Waals surface area contributed by atoms with E-state index in [4.69, 9.17) is 21.6 Å². The van der Waals surface area contributed by atoms with E-state index in [9.17, 15) is 17.6 Å². The molecule has 16 heteroatoms. The first kappa shape index (κ1) is 33.4. The van der Waals surface area contributed by atoms with E-state index in [1.807, 2.05) is 24.5 Å². The van der Waals surface area contributed by atoms with Crippen LogP contribution in [0.2, 0.25) is 11.0 Å². The summed E-state index contributed by atoms with van der Waals surface area (Å²) in [5, 5.41) is 32.4. The van der Waals surface area contributed by atoms with Crippen LogP contribution in [0.3, 0.4) is 0 Å². The van der Waals surface area contributed by atoms with Crippen LogP contribution in [0.4, 0.5) is 17.6 Å². The van der Waals surface area contributed by atoms with Gasteiger partial charge in [-0.2, -0.15) is 15.3 Å². The number of rotatable bonds is 6. The fraction of sp³-hybridized carbons (Fsp3) is 0.312. The van der Waals surface area contributed by atoms with Crippen LogP contribution < -0.4 is 0 Å². The average molecular weight is 681 g/mol. The van der Waals surface area contributed by atoms with Gasteiger partial charge in [-0.3, -0.25) is 0 Å². The van der Waals surface area contributed by atoms with Crippen LogP contribution in [0, 0.1) is 23.3 Å². The van der Waals surface area contributed by atoms with Gasteiger partial charge in [-0.15, -0.1) is 5.10 Å². The predicted octanol–water partition coefficient (Wildman–Crippen LogP) is 6.74. The number of hydrogen-bond acceptors (Lipinski definition) is 8. The number of hydrogen-bond donors (Lipinski definition) is 2. The lowest BCUT2D eigenvalue weighted by Gasteiger charge is -2.06. The minimum Gasteiger partial charge on any atom is -0.427 e. The third-order valence-electron chi connectivity index (χ3n) is 8.07. The van der Waals surface area contributed by atoms with Crippen molar-refractivity contribution in [3.8, 4) is 22.8 Å². The molecular weight excluding hydrogens is 651 g/mol. The number of benzene rings is 2. The van der Waals surface area contributed by atoms with E-state index in [2.05, 4.69) is 30.4 Å². The predicted molar refractivity (Wildman–Crippen MR) is 173 cm³/mol. The Morgan fingerprint density at radius 3 is 1.60 bits per heavy atom. The van der Waals surface area contributed by atoms with Crippen LogP contribution in [0.15, 0.2) is 48.8 Å². The van der Waals surface area contributed by atoms with Crippen LogP contribution in [-0.2, 0) is 13.1 Å². The van der Waals surface area contributed by atoms with Crippen molar-refractivity contribution >= 4 is 40.8 Å². The first-order valence-corrected chi connectivity index (χ1v) is 15.8. The molecule has 8 rings (SSSR count). The number of imidazole rings is 2. The summed E-state index contributed by atoms with van der Waals surface area (Å²) in [4.78, 5) is 8.79. The lowest BCUT2D eigenvalue weighted by Crippen LogP contribution is -2.09. The van der Waals surface area contributed by atoms with Gasteiger partial charge in [0.25, 0.3) is 0 Å². The highest BCUT2D eigenvalue weighted by molar-refractivity contribution is 6.44. The zero-order valence-corrected chi connectivity index (χ0v) is 26.7. The van der Waals surface area contributed by atoms with Gasteiger partial charge in [0.1, 0.15) is 11.6 Å². The SMILES string of the molecule is CCn1c(-c2cnnc(C3CC3)c2)nc2cc(F)c(F)cc21.CCn1c(-c2cnnc(Cl)c2)nc2cc(F)c(F)cc21.OB(O)C1CC1. The minimum atomic E-state index is -1.04.